The highest BCUT2D eigenvalue weighted by Crippen LogP contribution is 2.37. The monoisotopic (exact) mass is 413 g/mol. The van der Waals surface area contributed by atoms with Crippen LogP contribution in [0.25, 0.3) is 11.3 Å². The molecule has 5 rings (SSSR count). The quantitative estimate of drug-likeness (QED) is 0.317. The largest absolute Gasteiger partial charge is 0.456 e. The molecule has 0 atom stereocenters. The van der Waals surface area contributed by atoms with Crippen LogP contribution in [0.4, 0.5) is 0 Å². The van der Waals surface area contributed by atoms with E-state index in [1.165, 1.54) is 5.56 Å². The number of rotatable bonds is 5. The zero-order valence-corrected chi connectivity index (χ0v) is 17.7. The van der Waals surface area contributed by atoms with Crippen LogP contribution in [0.5, 0.6) is 5.75 Å². The second-order valence-electron chi connectivity index (χ2n) is 7.63. The summed E-state index contributed by atoms with van der Waals surface area (Å²) in [6.45, 7) is 0.627. The van der Waals surface area contributed by atoms with E-state index in [0.717, 1.165) is 39.5 Å². The summed E-state index contributed by atoms with van der Waals surface area (Å²) in [5.74, 6) is 1.70. The van der Waals surface area contributed by atoms with E-state index in [-0.39, 0.29) is 0 Å². The molecule has 0 aliphatic carbocycles. The molecule has 0 fully saturated rings. The molecule has 154 valence electrons. The molecule has 0 spiro atoms. The maximum Gasteiger partial charge on any atom is 0.135 e. The van der Waals surface area contributed by atoms with Crippen molar-refractivity contribution < 1.29 is 4.74 Å². The fraction of sp³-hybridized carbons (Fsp3) is 0.0333. The lowest BCUT2D eigenvalue weighted by atomic mass is 9.96. The summed E-state index contributed by atoms with van der Waals surface area (Å²) in [5.41, 5.74) is 6.43. The van der Waals surface area contributed by atoms with Crippen LogP contribution in [-0.2, 0) is 6.54 Å². The second-order valence-corrected chi connectivity index (χ2v) is 7.63. The molecule has 0 saturated heterocycles. The molecule has 1 aliphatic rings. The first kappa shape index (κ1) is 19.8. The molecule has 0 radical (unpaired) electrons. The Balaban J connectivity index is 1.61. The number of hydrogen-bond donors (Lipinski definition) is 0. The average Bonchev–Trinajstić information content (AvgIpc) is 2.88. The summed E-state index contributed by atoms with van der Waals surface area (Å²) in [5, 5.41) is 0. The molecule has 0 saturated carbocycles. The first-order valence-electron chi connectivity index (χ1n) is 10.8. The zero-order chi connectivity index (χ0) is 21.6. The molecule has 1 heterocycles. The van der Waals surface area contributed by atoms with Gasteiger partial charge in [-0.1, -0.05) is 109 Å². The van der Waals surface area contributed by atoms with E-state index in [0.29, 0.717) is 6.54 Å². The summed E-state index contributed by atoms with van der Waals surface area (Å²) in [6, 6.07) is 39.1. The first-order valence-corrected chi connectivity index (χ1v) is 10.8. The Labute approximate surface area is 188 Å². The summed E-state index contributed by atoms with van der Waals surface area (Å²) >= 11 is 0. The third-order valence-corrected chi connectivity index (χ3v) is 5.40. The van der Waals surface area contributed by atoms with Gasteiger partial charge in [0.25, 0.3) is 0 Å². The number of fused-ring (bicyclic) bond motifs is 1. The minimum Gasteiger partial charge on any atom is -0.456 e. The highest BCUT2D eigenvalue weighted by molar-refractivity contribution is 6.14. The third-order valence-electron chi connectivity index (χ3n) is 5.40. The fourth-order valence-electron chi connectivity index (χ4n) is 3.76. The Hall–Kier alpha value is -4.17. The van der Waals surface area contributed by atoms with Crippen LogP contribution in [-0.4, -0.2) is 5.71 Å². The highest BCUT2D eigenvalue weighted by Gasteiger charge is 2.18. The van der Waals surface area contributed by atoms with Crippen molar-refractivity contribution in [1.82, 2.24) is 0 Å². The predicted molar refractivity (Wildman–Crippen MR) is 133 cm³/mol. The smallest absolute Gasteiger partial charge is 0.135 e. The number of hydrogen-bond acceptors (Lipinski definition) is 2. The van der Waals surface area contributed by atoms with Crippen LogP contribution >= 0.6 is 0 Å². The molecule has 32 heavy (non-hydrogen) atoms. The van der Waals surface area contributed by atoms with E-state index in [9.17, 15) is 0 Å². The normalized spacial score (nSPS) is 14.4. The van der Waals surface area contributed by atoms with Gasteiger partial charge in [0.05, 0.1) is 12.3 Å². The summed E-state index contributed by atoms with van der Waals surface area (Å²) < 4.78 is 6.25. The van der Waals surface area contributed by atoms with Gasteiger partial charge in [0.15, 0.2) is 0 Å². The van der Waals surface area contributed by atoms with E-state index in [2.05, 4.69) is 78.9 Å². The first-order chi connectivity index (χ1) is 15.9. The van der Waals surface area contributed by atoms with E-state index in [1.54, 1.807) is 0 Å². The predicted octanol–water partition coefficient (Wildman–Crippen LogP) is 7.19. The number of aliphatic imine (C=N–C) groups is 1. The van der Waals surface area contributed by atoms with Crippen molar-refractivity contribution in [1.29, 1.82) is 0 Å². The van der Waals surface area contributed by atoms with Gasteiger partial charge in [0.1, 0.15) is 11.5 Å². The van der Waals surface area contributed by atoms with Gasteiger partial charge in [-0.15, -0.1) is 0 Å². The molecule has 1 aliphatic heterocycles. The lowest BCUT2D eigenvalue weighted by molar-refractivity contribution is 0.509. The van der Waals surface area contributed by atoms with Crippen molar-refractivity contribution in [3.8, 4) is 5.75 Å². The summed E-state index contributed by atoms with van der Waals surface area (Å²) in [7, 11) is 0. The van der Waals surface area contributed by atoms with Gasteiger partial charge in [0.2, 0.25) is 0 Å². The molecule has 2 heteroatoms. The molecular weight excluding hydrogens is 390 g/mol. The molecule has 0 N–H and O–H groups in total. The number of nitrogens with zero attached hydrogens (tertiary/aromatic N) is 1. The van der Waals surface area contributed by atoms with E-state index in [1.807, 2.05) is 48.5 Å². The minimum absolute atomic E-state index is 0.627. The fourth-order valence-corrected chi connectivity index (χ4v) is 3.76. The van der Waals surface area contributed by atoms with Gasteiger partial charge < -0.3 is 4.74 Å². The van der Waals surface area contributed by atoms with Gasteiger partial charge in [-0.3, -0.25) is 4.99 Å². The lowest BCUT2D eigenvalue weighted by Crippen LogP contribution is -2.06. The van der Waals surface area contributed by atoms with Gasteiger partial charge >= 0.3 is 0 Å². The number of benzene rings is 4. The van der Waals surface area contributed by atoms with E-state index in [4.69, 9.17) is 9.73 Å². The van der Waals surface area contributed by atoms with Crippen molar-refractivity contribution in [3.05, 3.63) is 150 Å². The molecule has 4 aromatic carbocycles. The Kier molecular flexibility index (Phi) is 5.76. The Morgan fingerprint density at radius 1 is 0.688 bits per heavy atom. The summed E-state index contributed by atoms with van der Waals surface area (Å²) in [4.78, 5) is 5.00. The van der Waals surface area contributed by atoms with Crippen molar-refractivity contribution in [2.24, 2.45) is 4.99 Å². The molecule has 0 unspecified atom stereocenters. The number of ether oxygens (including phenoxy) is 1. The number of allylic oxidation sites excluding steroid dienone is 3. The Morgan fingerprint density at radius 3 is 2.06 bits per heavy atom. The van der Waals surface area contributed by atoms with Crippen molar-refractivity contribution >= 4 is 17.0 Å². The maximum absolute atomic E-state index is 6.25. The van der Waals surface area contributed by atoms with Gasteiger partial charge in [-0.2, -0.15) is 0 Å². The van der Waals surface area contributed by atoms with Crippen molar-refractivity contribution in [3.63, 3.8) is 0 Å². The van der Waals surface area contributed by atoms with Crippen LogP contribution in [0.3, 0.4) is 0 Å². The van der Waals surface area contributed by atoms with Crippen LogP contribution in [0.2, 0.25) is 0 Å². The van der Waals surface area contributed by atoms with Crippen LogP contribution < -0.4 is 4.74 Å². The van der Waals surface area contributed by atoms with E-state index >= 15 is 0 Å². The number of para-hydroxylation sites is 1. The molecule has 0 amide bonds. The highest BCUT2D eigenvalue weighted by atomic mass is 16.5. The molecular formula is C30H23NO. The molecule has 4 aromatic rings. The van der Waals surface area contributed by atoms with Crippen molar-refractivity contribution in [2.75, 3.05) is 0 Å². The van der Waals surface area contributed by atoms with Crippen LogP contribution in [0.1, 0.15) is 22.3 Å². The van der Waals surface area contributed by atoms with Gasteiger partial charge in [-0.05, 0) is 34.9 Å². The second kappa shape index (κ2) is 9.32. The van der Waals surface area contributed by atoms with Crippen LogP contribution in [0, 0.1) is 0 Å². The molecule has 0 aromatic heterocycles. The topological polar surface area (TPSA) is 21.6 Å². The third kappa shape index (κ3) is 4.45. The SMILES string of the molecule is C1=C(c2ccccc2)Oc2ccccc2C1=CC(=NCc1ccccc1)c1ccccc1. The molecule has 2 nitrogen and oxygen atoms in total. The average molecular weight is 414 g/mol. The van der Waals surface area contributed by atoms with Crippen molar-refractivity contribution in [2.45, 2.75) is 6.54 Å². The lowest BCUT2D eigenvalue weighted by Gasteiger charge is -2.21. The Bertz CT molecular complexity index is 1290. The van der Waals surface area contributed by atoms with Crippen LogP contribution in [0.15, 0.2) is 132 Å². The van der Waals surface area contributed by atoms with Gasteiger partial charge in [0, 0.05) is 11.1 Å². The zero-order valence-electron chi connectivity index (χ0n) is 17.7. The van der Waals surface area contributed by atoms with Gasteiger partial charge in [-0.25, -0.2) is 0 Å². The molecule has 0 bridgehead atoms. The standard InChI is InChI=1S/C30H23NO/c1-4-12-23(13-5-1)22-31-28(24-14-6-2-7-15-24)20-26-21-30(25-16-8-3-9-17-25)32-29-19-11-10-18-27(26)29/h1-21H,22H2. The minimum atomic E-state index is 0.627. The van der Waals surface area contributed by atoms with E-state index < -0.39 is 0 Å². The Morgan fingerprint density at radius 2 is 1.31 bits per heavy atom. The maximum atomic E-state index is 6.25. The summed E-state index contributed by atoms with van der Waals surface area (Å²) in [6.07, 6.45) is 4.28.